The topological polar surface area (TPSA) is 41.6 Å². The predicted octanol–water partition coefficient (Wildman–Crippen LogP) is -0.301. The van der Waals surface area contributed by atoms with Crippen LogP contribution in [0.5, 0.6) is 0 Å². The van der Waals surface area contributed by atoms with Crippen molar-refractivity contribution in [1.82, 2.24) is 10.2 Å². The van der Waals surface area contributed by atoms with Gasteiger partial charge in [-0.1, -0.05) is 6.92 Å². The molecule has 1 N–H and O–H groups in total. The van der Waals surface area contributed by atoms with Crippen LogP contribution < -0.4 is 5.32 Å². The highest BCUT2D eigenvalue weighted by molar-refractivity contribution is 5.75. The van der Waals surface area contributed by atoms with Gasteiger partial charge < -0.3 is 15.0 Å². The summed E-state index contributed by atoms with van der Waals surface area (Å²) >= 11 is 0. The minimum Gasteiger partial charge on any atom is -0.468 e. The van der Waals surface area contributed by atoms with Crippen molar-refractivity contribution < 1.29 is 9.53 Å². The lowest BCUT2D eigenvalue weighted by molar-refractivity contribution is -0.143. The Morgan fingerprint density at radius 2 is 2.25 bits per heavy atom. The summed E-state index contributed by atoms with van der Waals surface area (Å²) in [6, 6.07) is -0.222. The van der Waals surface area contributed by atoms with Crippen LogP contribution >= 0.6 is 0 Å². The number of ether oxygens (including phenoxy) is 1. The highest BCUT2D eigenvalue weighted by Gasteiger charge is 2.17. The Hall–Kier alpha value is -0.610. The monoisotopic (exact) mass is 174 g/mol. The van der Waals surface area contributed by atoms with Crippen LogP contribution in [0.3, 0.4) is 0 Å². The number of methoxy groups -OCH3 is 1. The third-order valence-electron chi connectivity index (χ3n) is 1.87. The number of nitrogens with one attached hydrogen (secondary N) is 1. The Morgan fingerprint density at radius 1 is 1.67 bits per heavy atom. The molecule has 0 aliphatic carbocycles. The van der Waals surface area contributed by atoms with Crippen molar-refractivity contribution in [2.24, 2.45) is 0 Å². The van der Waals surface area contributed by atoms with E-state index in [4.69, 9.17) is 0 Å². The Kier molecular flexibility index (Phi) is 5.66. The quantitative estimate of drug-likeness (QED) is 0.581. The molecular formula is C8H18N2O2. The molecule has 4 heteroatoms. The van der Waals surface area contributed by atoms with Crippen LogP contribution in [0.2, 0.25) is 0 Å². The van der Waals surface area contributed by atoms with Crippen LogP contribution in [-0.4, -0.2) is 51.2 Å². The summed E-state index contributed by atoms with van der Waals surface area (Å²) in [5.74, 6) is -0.210. The highest BCUT2D eigenvalue weighted by Crippen LogP contribution is 1.91. The van der Waals surface area contributed by atoms with Gasteiger partial charge in [0, 0.05) is 6.54 Å². The molecule has 0 aliphatic heterocycles. The molecule has 12 heavy (non-hydrogen) atoms. The van der Waals surface area contributed by atoms with Crippen LogP contribution in [0.4, 0.5) is 0 Å². The molecule has 0 heterocycles. The Morgan fingerprint density at radius 3 is 2.58 bits per heavy atom. The fourth-order valence-corrected chi connectivity index (χ4v) is 0.867. The van der Waals surface area contributed by atoms with Crippen LogP contribution in [0.1, 0.15) is 6.92 Å². The lowest BCUT2D eigenvalue weighted by Crippen LogP contribution is -2.43. The molecule has 0 saturated heterocycles. The molecule has 4 nitrogen and oxygen atoms in total. The van der Waals surface area contributed by atoms with Gasteiger partial charge in [-0.3, -0.25) is 4.79 Å². The van der Waals surface area contributed by atoms with Gasteiger partial charge in [-0.15, -0.1) is 0 Å². The summed E-state index contributed by atoms with van der Waals surface area (Å²) in [7, 11) is 5.12. The maximum atomic E-state index is 11.1. The SMILES string of the molecule is CCN(C)CC(NC)C(=O)OC. The zero-order valence-electron chi connectivity index (χ0n) is 8.26. The van der Waals surface area contributed by atoms with Gasteiger partial charge in [0.1, 0.15) is 6.04 Å². The second kappa shape index (κ2) is 5.97. The van der Waals surface area contributed by atoms with Crippen LogP contribution in [0, 0.1) is 0 Å². The molecule has 0 fully saturated rings. The molecule has 0 spiro atoms. The molecule has 0 aromatic carbocycles. The van der Waals surface area contributed by atoms with E-state index < -0.39 is 0 Å². The smallest absolute Gasteiger partial charge is 0.324 e. The lowest BCUT2D eigenvalue weighted by Gasteiger charge is -2.20. The summed E-state index contributed by atoms with van der Waals surface area (Å²) in [4.78, 5) is 13.1. The average Bonchev–Trinajstić information content (AvgIpc) is 2.12. The molecular weight excluding hydrogens is 156 g/mol. The number of rotatable bonds is 5. The van der Waals surface area contributed by atoms with Crippen molar-refractivity contribution >= 4 is 5.97 Å². The van der Waals surface area contributed by atoms with Crippen molar-refractivity contribution in [2.75, 3.05) is 34.3 Å². The van der Waals surface area contributed by atoms with E-state index in [1.165, 1.54) is 7.11 Å². The summed E-state index contributed by atoms with van der Waals surface area (Å²) in [6.45, 7) is 3.65. The molecule has 1 atom stereocenters. The van der Waals surface area contributed by atoms with Crippen molar-refractivity contribution in [3.8, 4) is 0 Å². The van der Waals surface area contributed by atoms with Gasteiger partial charge >= 0.3 is 5.97 Å². The molecule has 0 aromatic heterocycles. The first kappa shape index (κ1) is 11.4. The molecule has 0 rings (SSSR count). The van der Waals surface area contributed by atoms with Gasteiger partial charge in [-0.2, -0.15) is 0 Å². The van der Waals surface area contributed by atoms with Crippen molar-refractivity contribution in [3.05, 3.63) is 0 Å². The standard InChI is InChI=1S/C8H18N2O2/c1-5-10(3)6-7(9-2)8(11)12-4/h7,9H,5-6H2,1-4H3. The van der Waals surface area contributed by atoms with E-state index in [0.717, 1.165) is 6.54 Å². The molecule has 0 amide bonds. The van der Waals surface area contributed by atoms with E-state index in [9.17, 15) is 4.79 Å². The third-order valence-corrected chi connectivity index (χ3v) is 1.87. The number of nitrogens with zero attached hydrogens (tertiary/aromatic N) is 1. The second-order valence-corrected chi connectivity index (χ2v) is 2.72. The molecule has 0 bridgehead atoms. The predicted molar refractivity (Wildman–Crippen MR) is 48.0 cm³/mol. The van der Waals surface area contributed by atoms with Crippen molar-refractivity contribution in [3.63, 3.8) is 0 Å². The van der Waals surface area contributed by atoms with Crippen molar-refractivity contribution in [1.29, 1.82) is 0 Å². The van der Waals surface area contributed by atoms with Crippen LogP contribution in [0.15, 0.2) is 0 Å². The zero-order chi connectivity index (χ0) is 9.56. The normalized spacial score (nSPS) is 13.1. The molecule has 0 saturated carbocycles. The lowest BCUT2D eigenvalue weighted by atomic mass is 10.3. The Balaban J connectivity index is 3.90. The highest BCUT2D eigenvalue weighted by atomic mass is 16.5. The minimum absolute atomic E-state index is 0.210. The Labute approximate surface area is 73.9 Å². The summed E-state index contributed by atoms with van der Waals surface area (Å²) in [5, 5.41) is 2.90. The number of likely N-dealkylation sites (N-methyl/N-ethyl adjacent to an activating group) is 2. The van der Waals surface area contributed by atoms with Crippen molar-refractivity contribution in [2.45, 2.75) is 13.0 Å². The van der Waals surface area contributed by atoms with E-state index in [-0.39, 0.29) is 12.0 Å². The number of esters is 1. The van der Waals surface area contributed by atoms with Crippen LogP contribution in [-0.2, 0) is 9.53 Å². The average molecular weight is 174 g/mol. The zero-order valence-corrected chi connectivity index (χ0v) is 8.26. The molecule has 0 radical (unpaired) electrons. The molecule has 1 unspecified atom stereocenters. The van der Waals surface area contributed by atoms with Gasteiger partial charge in [0.25, 0.3) is 0 Å². The van der Waals surface area contributed by atoms with Gasteiger partial charge in [-0.05, 0) is 20.6 Å². The fraction of sp³-hybridized carbons (Fsp3) is 0.875. The van der Waals surface area contributed by atoms with Gasteiger partial charge in [0.05, 0.1) is 7.11 Å². The number of carbonyl (C=O) groups excluding carboxylic acids is 1. The number of carbonyl (C=O) groups is 1. The van der Waals surface area contributed by atoms with E-state index in [1.54, 1.807) is 7.05 Å². The van der Waals surface area contributed by atoms with Crippen LogP contribution in [0.25, 0.3) is 0 Å². The van der Waals surface area contributed by atoms with E-state index in [0.29, 0.717) is 6.54 Å². The minimum atomic E-state index is -0.222. The largest absolute Gasteiger partial charge is 0.468 e. The van der Waals surface area contributed by atoms with E-state index in [2.05, 4.69) is 15.0 Å². The molecule has 72 valence electrons. The Bertz CT molecular complexity index is 139. The number of hydrogen-bond donors (Lipinski definition) is 1. The number of hydrogen-bond acceptors (Lipinski definition) is 4. The van der Waals surface area contributed by atoms with Gasteiger partial charge in [0.2, 0.25) is 0 Å². The third kappa shape index (κ3) is 3.69. The maximum absolute atomic E-state index is 11.1. The van der Waals surface area contributed by atoms with Gasteiger partial charge in [-0.25, -0.2) is 0 Å². The first-order valence-corrected chi connectivity index (χ1v) is 4.09. The summed E-state index contributed by atoms with van der Waals surface area (Å²) < 4.78 is 4.62. The maximum Gasteiger partial charge on any atom is 0.324 e. The first-order chi connectivity index (χ1) is 5.65. The first-order valence-electron chi connectivity index (χ1n) is 4.09. The molecule has 0 aliphatic rings. The summed E-state index contributed by atoms with van der Waals surface area (Å²) in [6.07, 6.45) is 0. The van der Waals surface area contributed by atoms with E-state index >= 15 is 0 Å². The van der Waals surface area contributed by atoms with E-state index in [1.807, 2.05) is 14.0 Å². The second-order valence-electron chi connectivity index (χ2n) is 2.72. The summed E-state index contributed by atoms with van der Waals surface area (Å²) in [5.41, 5.74) is 0. The van der Waals surface area contributed by atoms with Gasteiger partial charge in [0.15, 0.2) is 0 Å². The molecule has 0 aromatic rings. The fourth-order valence-electron chi connectivity index (χ4n) is 0.867.